The average molecular weight is 605 g/mol. The van der Waals surface area contributed by atoms with Crippen molar-refractivity contribution in [2.75, 3.05) is 14.9 Å². The number of sulfonamides is 1. The highest BCUT2D eigenvalue weighted by Crippen LogP contribution is 2.39. The molecule has 0 radical (unpaired) electrons. The number of amides is 1. The lowest BCUT2D eigenvalue weighted by atomic mass is 10.1. The Morgan fingerprint density at radius 3 is 2.55 bits per heavy atom. The Labute approximate surface area is 253 Å². The van der Waals surface area contributed by atoms with Crippen molar-refractivity contribution < 1.29 is 13.2 Å². The molecule has 0 saturated carbocycles. The molecule has 0 atom stereocenters. The lowest BCUT2D eigenvalue weighted by Gasteiger charge is -2.17. The largest absolute Gasteiger partial charge is 0.359 e. The molecule has 1 aliphatic rings. The van der Waals surface area contributed by atoms with E-state index in [1.165, 1.54) is 12.1 Å². The van der Waals surface area contributed by atoms with Crippen LogP contribution in [0.25, 0.3) is 22.2 Å². The van der Waals surface area contributed by atoms with E-state index in [0.717, 1.165) is 39.0 Å². The first kappa shape index (κ1) is 27.3. The maximum atomic E-state index is 13.9. The molecule has 0 aliphatic carbocycles. The smallest absolute Gasteiger partial charge is 0.261 e. The summed E-state index contributed by atoms with van der Waals surface area (Å²) >= 11 is 0. The first-order valence-corrected chi connectivity index (χ1v) is 15.4. The molecule has 0 unspecified atom stereocenters. The molecule has 1 amide bonds. The third-order valence-electron chi connectivity index (χ3n) is 7.80. The third kappa shape index (κ3) is 4.65. The zero-order valence-corrected chi connectivity index (χ0v) is 25.0. The molecule has 0 bridgehead atoms. The van der Waals surface area contributed by atoms with Crippen LogP contribution in [0.3, 0.4) is 0 Å². The van der Waals surface area contributed by atoms with Crippen LogP contribution in [-0.2, 0) is 23.6 Å². The Morgan fingerprint density at radius 2 is 1.77 bits per heavy atom. The lowest BCUT2D eigenvalue weighted by Crippen LogP contribution is -2.24. The van der Waals surface area contributed by atoms with Gasteiger partial charge in [0.25, 0.3) is 15.9 Å². The molecule has 0 saturated heterocycles. The SMILES string of the molecule is Cc1cnc(Nc2cc(C)n(C)n2)nc1-c1c[nH]c2c(N3Cc4cccc(NS(=O)(=O)c5ccccc5)c4C3=O)cccc12. The van der Waals surface area contributed by atoms with Gasteiger partial charge < -0.3 is 15.2 Å². The monoisotopic (exact) mass is 604 g/mol. The number of nitrogens with zero attached hydrogens (tertiary/aromatic N) is 5. The molecular formula is C32H28N8O3S. The van der Waals surface area contributed by atoms with Gasteiger partial charge in [-0.15, -0.1) is 0 Å². The van der Waals surface area contributed by atoms with E-state index in [1.54, 1.807) is 46.1 Å². The molecule has 7 rings (SSSR count). The Hall–Kier alpha value is -5.49. The maximum absolute atomic E-state index is 13.9. The summed E-state index contributed by atoms with van der Waals surface area (Å²) in [6.07, 6.45) is 3.65. The van der Waals surface area contributed by atoms with Gasteiger partial charge in [-0.2, -0.15) is 5.10 Å². The molecule has 3 aromatic carbocycles. The van der Waals surface area contributed by atoms with Gasteiger partial charge in [-0.05, 0) is 49.2 Å². The van der Waals surface area contributed by atoms with Gasteiger partial charge in [0.2, 0.25) is 5.95 Å². The number of nitrogens with one attached hydrogen (secondary N) is 3. The molecule has 0 spiro atoms. The van der Waals surface area contributed by atoms with Crippen LogP contribution in [0.4, 0.5) is 23.1 Å². The van der Waals surface area contributed by atoms with E-state index >= 15 is 0 Å². The van der Waals surface area contributed by atoms with Gasteiger partial charge in [0, 0.05) is 42.2 Å². The van der Waals surface area contributed by atoms with E-state index in [4.69, 9.17) is 4.98 Å². The van der Waals surface area contributed by atoms with Gasteiger partial charge in [0.05, 0.1) is 39.6 Å². The number of H-pyrrole nitrogens is 1. The normalized spacial score (nSPS) is 13.0. The van der Waals surface area contributed by atoms with Crippen molar-refractivity contribution in [1.82, 2.24) is 24.7 Å². The fourth-order valence-electron chi connectivity index (χ4n) is 5.51. The van der Waals surface area contributed by atoms with Crippen molar-refractivity contribution in [3.8, 4) is 11.3 Å². The number of rotatable bonds is 7. The van der Waals surface area contributed by atoms with Crippen molar-refractivity contribution >= 4 is 50.0 Å². The first-order chi connectivity index (χ1) is 21.2. The molecule has 12 heteroatoms. The standard InChI is InChI=1S/C32H28N8O3S/c1-19-16-34-32(35-27-15-20(2)39(3)37-27)36-29(19)24-17-33-30-23(24)12-8-14-26(30)40-18-21-9-7-13-25(28(21)31(40)41)38-44(42,43)22-10-5-4-6-11-22/h4-17,33,38H,18H2,1-3H3,(H,34,35,36,37). The highest BCUT2D eigenvalue weighted by atomic mass is 32.2. The van der Waals surface area contributed by atoms with Crippen LogP contribution in [-0.4, -0.2) is 39.1 Å². The number of carbonyl (C=O) groups is 1. The molecule has 4 heterocycles. The van der Waals surface area contributed by atoms with Gasteiger partial charge in [-0.3, -0.25) is 14.2 Å². The predicted octanol–water partition coefficient (Wildman–Crippen LogP) is 5.68. The Morgan fingerprint density at radius 1 is 0.977 bits per heavy atom. The molecule has 220 valence electrons. The summed E-state index contributed by atoms with van der Waals surface area (Å²) in [5.41, 5.74) is 6.26. The van der Waals surface area contributed by atoms with Gasteiger partial charge in [0.1, 0.15) is 0 Å². The lowest BCUT2D eigenvalue weighted by molar-refractivity contribution is 0.0997. The second-order valence-corrected chi connectivity index (χ2v) is 12.4. The number of anilines is 4. The summed E-state index contributed by atoms with van der Waals surface area (Å²) in [6.45, 7) is 4.22. The molecular weight excluding hydrogens is 576 g/mol. The maximum Gasteiger partial charge on any atom is 0.261 e. The molecule has 3 N–H and O–H groups in total. The fraction of sp³-hybridized carbons (Fsp3) is 0.125. The summed E-state index contributed by atoms with van der Waals surface area (Å²) in [6, 6.07) is 21.0. The highest BCUT2D eigenvalue weighted by molar-refractivity contribution is 7.92. The minimum Gasteiger partial charge on any atom is -0.359 e. The number of aromatic amines is 1. The number of carbonyl (C=O) groups excluding carboxylic acids is 1. The third-order valence-corrected chi connectivity index (χ3v) is 9.18. The van der Waals surface area contributed by atoms with E-state index in [0.29, 0.717) is 29.6 Å². The summed E-state index contributed by atoms with van der Waals surface area (Å²) < 4.78 is 30.6. The molecule has 6 aromatic rings. The topological polar surface area (TPSA) is 138 Å². The molecule has 0 fully saturated rings. The average Bonchev–Trinajstić information content (AvgIpc) is 3.69. The van der Waals surface area contributed by atoms with Gasteiger partial charge in [0.15, 0.2) is 5.82 Å². The second kappa shape index (κ2) is 10.3. The van der Waals surface area contributed by atoms with Crippen molar-refractivity contribution in [1.29, 1.82) is 0 Å². The summed E-state index contributed by atoms with van der Waals surface area (Å²) in [7, 11) is -2.01. The van der Waals surface area contributed by atoms with Crippen LogP contribution in [0.5, 0.6) is 0 Å². The van der Waals surface area contributed by atoms with Gasteiger partial charge in [-0.25, -0.2) is 18.4 Å². The predicted molar refractivity (Wildman–Crippen MR) is 169 cm³/mol. The number of benzene rings is 3. The van der Waals surface area contributed by atoms with E-state index in [1.807, 2.05) is 57.4 Å². The van der Waals surface area contributed by atoms with Crippen LogP contribution in [0.1, 0.15) is 27.2 Å². The molecule has 44 heavy (non-hydrogen) atoms. The van der Waals surface area contributed by atoms with Crippen LogP contribution in [0.15, 0.2) is 90.1 Å². The first-order valence-electron chi connectivity index (χ1n) is 13.9. The molecule has 1 aliphatic heterocycles. The highest BCUT2D eigenvalue weighted by Gasteiger charge is 2.33. The minimum atomic E-state index is -3.88. The second-order valence-electron chi connectivity index (χ2n) is 10.7. The summed E-state index contributed by atoms with van der Waals surface area (Å²) in [5, 5.41) is 8.50. The van der Waals surface area contributed by atoms with E-state index in [9.17, 15) is 13.2 Å². The van der Waals surface area contributed by atoms with Crippen molar-refractivity contribution in [3.63, 3.8) is 0 Å². The van der Waals surface area contributed by atoms with Crippen molar-refractivity contribution in [3.05, 3.63) is 108 Å². The number of aryl methyl sites for hydroxylation is 3. The number of hydrogen-bond donors (Lipinski definition) is 3. The minimum absolute atomic E-state index is 0.122. The zero-order chi connectivity index (χ0) is 30.6. The van der Waals surface area contributed by atoms with Crippen LogP contribution in [0.2, 0.25) is 0 Å². The number of aromatic nitrogens is 5. The van der Waals surface area contributed by atoms with Crippen molar-refractivity contribution in [2.24, 2.45) is 7.05 Å². The van der Waals surface area contributed by atoms with Crippen LogP contribution < -0.4 is 14.9 Å². The Kier molecular flexibility index (Phi) is 6.43. The zero-order valence-electron chi connectivity index (χ0n) is 24.2. The van der Waals surface area contributed by atoms with E-state index in [-0.39, 0.29) is 16.5 Å². The Balaban J connectivity index is 1.22. The van der Waals surface area contributed by atoms with Crippen LogP contribution >= 0.6 is 0 Å². The number of hydrogen-bond acceptors (Lipinski definition) is 7. The number of para-hydroxylation sites is 1. The van der Waals surface area contributed by atoms with Crippen molar-refractivity contribution in [2.45, 2.75) is 25.3 Å². The Bertz CT molecular complexity index is 2170. The fourth-order valence-corrected chi connectivity index (χ4v) is 6.61. The summed E-state index contributed by atoms with van der Waals surface area (Å²) in [5.74, 6) is 0.786. The van der Waals surface area contributed by atoms with Gasteiger partial charge >= 0.3 is 0 Å². The molecule has 3 aromatic heterocycles. The summed E-state index contributed by atoms with van der Waals surface area (Å²) in [4.78, 5) is 28.3. The molecule has 11 nitrogen and oxygen atoms in total. The van der Waals surface area contributed by atoms with E-state index in [2.05, 4.69) is 25.1 Å². The van der Waals surface area contributed by atoms with Gasteiger partial charge in [-0.1, -0.05) is 42.5 Å². The van der Waals surface area contributed by atoms with E-state index < -0.39 is 10.0 Å². The number of fused-ring (bicyclic) bond motifs is 2. The quantitative estimate of drug-likeness (QED) is 0.213. The van der Waals surface area contributed by atoms with Crippen LogP contribution in [0, 0.1) is 13.8 Å².